The van der Waals surface area contributed by atoms with E-state index in [2.05, 4.69) is 20.9 Å². The Balaban J connectivity index is 2.26. The third-order valence-corrected chi connectivity index (χ3v) is 7.58. The van der Waals surface area contributed by atoms with Crippen LogP contribution in [0.25, 0.3) is 0 Å². The summed E-state index contributed by atoms with van der Waals surface area (Å²) in [5.41, 5.74) is 16.6. The van der Waals surface area contributed by atoms with E-state index in [0.717, 1.165) is 6.42 Å². The van der Waals surface area contributed by atoms with Gasteiger partial charge in [-0.1, -0.05) is 45.4 Å². The molecule has 6 atom stereocenters. The molecule has 1 aromatic carbocycles. The fraction of sp³-hybridized carbons (Fsp3) is 0.562. The highest BCUT2D eigenvalue weighted by Crippen LogP contribution is 2.30. The standard InChI is InChI=1S/C32H49N7O9/c1-4-5-6-12-25(42)37-21(16-24(33)41)29(45)38-19(10-8-13-36-32(34)35)27(43)28(44)30(46)39-20(14-17(2)3)23-15-18-9-7-11-22(40)26(18)31(47)48-23/h6-7,9,11-12,17,19-21,23,27-28,40,43-44H,4-5,8,10,13-16H2,1-3H3,(H2,33,41)(H,37,42)(H,38,45)(H,39,46)(H4,34,35,36)/b12-6+/t19-,20-,21+,23-,27-,28-/m0/s1. The molecular formula is C32H49N7O9. The van der Waals surface area contributed by atoms with E-state index in [4.69, 9.17) is 21.9 Å². The molecule has 4 amide bonds. The lowest BCUT2D eigenvalue weighted by molar-refractivity contribution is -0.140. The SMILES string of the molecule is CCC/C=C/C(=O)N[C@H](CC(N)=O)C(=O)N[C@@H](CCCN=C(N)N)[C@H](O)[C@H](O)C(=O)N[C@@H](CC(C)C)[C@@H]1Cc2cccc(O)c2C(=O)O1. The summed E-state index contributed by atoms with van der Waals surface area (Å²) in [6.07, 6.45) is -0.468. The minimum atomic E-state index is -2.08. The zero-order valence-electron chi connectivity index (χ0n) is 27.6. The molecule has 0 aromatic heterocycles. The van der Waals surface area contributed by atoms with Crippen molar-refractivity contribution in [2.75, 3.05) is 6.54 Å². The molecule has 1 heterocycles. The van der Waals surface area contributed by atoms with E-state index in [1.54, 1.807) is 18.2 Å². The maximum Gasteiger partial charge on any atom is 0.342 e. The van der Waals surface area contributed by atoms with Crippen LogP contribution in [-0.4, -0.2) is 93.9 Å². The first-order valence-electron chi connectivity index (χ1n) is 15.9. The van der Waals surface area contributed by atoms with Crippen LogP contribution >= 0.6 is 0 Å². The van der Waals surface area contributed by atoms with Crippen LogP contribution < -0.4 is 33.2 Å². The van der Waals surface area contributed by atoms with E-state index in [9.17, 15) is 39.3 Å². The van der Waals surface area contributed by atoms with Gasteiger partial charge in [0.05, 0.1) is 18.5 Å². The fourth-order valence-corrected chi connectivity index (χ4v) is 5.24. The molecule has 16 nitrogen and oxygen atoms in total. The summed E-state index contributed by atoms with van der Waals surface area (Å²) in [7, 11) is 0. The number of nitrogens with one attached hydrogen (secondary N) is 3. The van der Waals surface area contributed by atoms with Crippen molar-refractivity contribution >= 4 is 35.6 Å². The average molecular weight is 676 g/mol. The quantitative estimate of drug-likeness (QED) is 0.0281. The molecule has 0 saturated carbocycles. The van der Waals surface area contributed by atoms with E-state index in [-0.39, 0.29) is 49.0 Å². The van der Waals surface area contributed by atoms with Crippen LogP contribution in [-0.2, 0) is 30.3 Å². The first kappa shape index (κ1) is 39.5. The van der Waals surface area contributed by atoms with Gasteiger partial charge in [0.1, 0.15) is 29.6 Å². The number of phenolic OH excluding ortho intramolecular Hbond substituents is 1. The molecule has 0 fully saturated rings. The van der Waals surface area contributed by atoms with Gasteiger partial charge in [-0.2, -0.15) is 0 Å². The van der Waals surface area contributed by atoms with Crippen molar-refractivity contribution in [3.05, 3.63) is 41.5 Å². The molecule has 2 rings (SSSR count). The van der Waals surface area contributed by atoms with Gasteiger partial charge in [-0.3, -0.25) is 24.2 Å². The Morgan fingerprint density at radius 1 is 1.08 bits per heavy atom. The maximum atomic E-state index is 13.4. The first-order valence-corrected chi connectivity index (χ1v) is 15.9. The van der Waals surface area contributed by atoms with Crippen molar-refractivity contribution in [2.24, 2.45) is 28.1 Å². The second kappa shape index (κ2) is 19.2. The van der Waals surface area contributed by atoms with Gasteiger partial charge in [0, 0.05) is 13.0 Å². The van der Waals surface area contributed by atoms with Crippen LogP contribution in [0, 0.1) is 5.92 Å². The molecule has 0 spiro atoms. The van der Waals surface area contributed by atoms with Gasteiger partial charge in [0.15, 0.2) is 12.1 Å². The van der Waals surface area contributed by atoms with Crippen molar-refractivity contribution in [1.82, 2.24) is 16.0 Å². The number of aliphatic imine (C=N–C) groups is 1. The van der Waals surface area contributed by atoms with Gasteiger partial charge in [-0.05, 0) is 49.3 Å². The number of ether oxygens (including phenoxy) is 1. The summed E-state index contributed by atoms with van der Waals surface area (Å²) in [6.45, 7) is 5.78. The van der Waals surface area contributed by atoms with E-state index in [1.807, 2.05) is 20.8 Å². The molecule has 0 unspecified atom stereocenters. The van der Waals surface area contributed by atoms with E-state index >= 15 is 0 Å². The number of nitrogens with two attached hydrogens (primary N) is 3. The number of aromatic hydroxyl groups is 1. The van der Waals surface area contributed by atoms with Crippen LogP contribution in [0.15, 0.2) is 35.3 Å². The molecule has 1 aliphatic rings. The number of aliphatic hydroxyl groups excluding tert-OH is 2. The zero-order chi connectivity index (χ0) is 36.0. The van der Waals surface area contributed by atoms with Gasteiger partial charge >= 0.3 is 5.97 Å². The predicted molar refractivity (Wildman–Crippen MR) is 176 cm³/mol. The highest BCUT2D eigenvalue weighted by atomic mass is 16.5. The Bertz CT molecular complexity index is 1350. The number of nitrogens with zero attached hydrogens (tertiary/aromatic N) is 1. The van der Waals surface area contributed by atoms with Crippen molar-refractivity contribution in [3.8, 4) is 5.75 Å². The smallest absolute Gasteiger partial charge is 0.342 e. The number of fused-ring (bicyclic) bond motifs is 1. The van der Waals surface area contributed by atoms with Crippen molar-refractivity contribution in [3.63, 3.8) is 0 Å². The first-order chi connectivity index (χ1) is 22.6. The summed E-state index contributed by atoms with van der Waals surface area (Å²) >= 11 is 0. The number of amides is 4. The number of unbranched alkanes of at least 4 members (excludes halogenated alkanes) is 1. The number of guanidine groups is 1. The number of aliphatic hydroxyl groups is 2. The molecule has 0 aliphatic carbocycles. The van der Waals surface area contributed by atoms with Crippen LogP contribution in [0.5, 0.6) is 5.75 Å². The molecule has 1 aliphatic heterocycles. The average Bonchev–Trinajstić information content (AvgIpc) is 3.00. The number of benzene rings is 1. The Labute approximate surface area is 279 Å². The van der Waals surface area contributed by atoms with Crippen LogP contribution in [0.1, 0.15) is 75.2 Å². The van der Waals surface area contributed by atoms with Gasteiger partial charge < -0.3 is 53.2 Å². The number of primary amides is 1. The van der Waals surface area contributed by atoms with Crippen molar-refractivity contribution in [1.29, 1.82) is 0 Å². The molecule has 0 bridgehead atoms. The largest absolute Gasteiger partial charge is 0.507 e. The zero-order valence-corrected chi connectivity index (χ0v) is 27.6. The third-order valence-electron chi connectivity index (χ3n) is 7.58. The lowest BCUT2D eigenvalue weighted by Gasteiger charge is -2.34. The maximum absolute atomic E-state index is 13.4. The number of rotatable bonds is 19. The third kappa shape index (κ3) is 12.5. The van der Waals surface area contributed by atoms with Gasteiger partial charge in [0.2, 0.25) is 17.7 Å². The Morgan fingerprint density at radius 2 is 1.79 bits per heavy atom. The van der Waals surface area contributed by atoms with E-state index in [1.165, 1.54) is 12.1 Å². The van der Waals surface area contributed by atoms with Crippen LogP contribution in [0.4, 0.5) is 0 Å². The van der Waals surface area contributed by atoms with Crippen molar-refractivity contribution < 1.29 is 44.0 Å². The molecule has 0 radical (unpaired) electrons. The number of carbonyl (C=O) groups is 5. The lowest BCUT2D eigenvalue weighted by Crippen LogP contribution is -2.59. The number of cyclic esters (lactones) is 1. The minimum absolute atomic E-state index is 0.0124. The monoisotopic (exact) mass is 675 g/mol. The Kier molecular flexibility index (Phi) is 15.8. The van der Waals surface area contributed by atoms with Crippen LogP contribution in [0.2, 0.25) is 0 Å². The highest BCUT2D eigenvalue weighted by Gasteiger charge is 2.38. The molecule has 48 heavy (non-hydrogen) atoms. The number of hydrogen-bond donors (Lipinski definition) is 9. The molecular weight excluding hydrogens is 626 g/mol. The molecule has 1 aromatic rings. The van der Waals surface area contributed by atoms with Gasteiger partial charge in [-0.25, -0.2) is 4.79 Å². The number of hydrogen-bond acceptors (Lipinski definition) is 10. The molecule has 266 valence electrons. The molecule has 16 heteroatoms. The second-order valence-corrected chi connectivity index (χ2v) is 12.1. The lowest BCUT2D eigenvalue weighted by atomic mass is 9.90. The summed E-state index contributed by atoms with van der Waals surface area (Å²) in [5.74, 6) is -4.58. The van der Waals surface area contributed by atoms with Gasteiger partial charge in [-0.15, -0.1) is 0 Å². The summed E-state index contributed by atoms with van der Waals surface area (Å²) in [6, 6.07) is 1.14. The normalized spacial score (nSPS) is 17.3. The number of carbonyl (C=O) groups excluding carboxylic acids is 5. The fourth-order valence-electron chi connectivity index (χ4n) is 5.24. The molecule has 12 N–H and O–H groups in total. The summed E-state index contributed by atoms with van der Waals surface area (Å²) < 4.78 is 5.58. The Morgan fingerprint density at radius 3 is 2.42 bits per heavy atom. The number of esters is 1. The minimum Gasteiger partial charge on any atom is -0.507 e. The predicted octanol–water partition coefficient (Wildman–Crippen LogP) is -1.02. The van der Waals surface area contributed by atoms with Gasteiger partial charge in [0.25, 0.3) is 5.91 Å². The second-order valence-electron chi connectivity index (χ2n) is 12.1. The summed E-state index contributed by atoms with van der Waals surface area (Å²) in [5, 5.41) is 39.9. The van der Waals surface area contributed by atoms with E-state index in [0.29, 0.717) is 18.4 Å². The summed E-state index contributed by atoms with van der Waals surface area (Å²) in [4.78, 5) is 67.3. The van der Waals surface area contributed by atoms with E-state index < -0.39 is 72.5 Å². The molecule has 0 saturated heterocycles. The van der Waals surface area contributed by atoms with Crippen LogP contribution in [0.3, 0.4) is 0 Å². The van der Waals surface area contributed by atoms with Crippen molar-refractivity contribution in [2.45, 2.75) is 102 Å². The number of allylic oxidation sites excluding steroid dienone is 1. The highest BCUT2D eigenvalue weighted by molar-refractivity contribution is 5.96. The topological polar surface area (TPSA) is 282 Å². The number of phenols is 1. The Hall–Kier alpha value is -4.70.